The van der Waals surface area contributed by atoms with Gasteiger partial charge in [-0.2, -0.15) is 0 Å². The number of aromatic nitrogens is 1. The van der Waals surface area contributed by atoms with E-state index in [-0.39, 0.29) is 11.4 Å². The Hall–Kier alpha value is -2.96. The summed E-state index contributed by atoms with van der Waals surface area (Å²) in [5.41, 5.74) is 1.27. The number of aryl methyl sites for hydroxylation is 2. The van der Waals surface area contributed by atoms with Gasteiger partial charge in [0, 0.05) is 12.3 Å². The normalized spacial score (nSPS) is 10.2. The van der Waals surface area contributed by atoms with E-state index in [0.717, 1.165) is 23.4 Å². The minimum atomic E-state index is -1.29. The molecule has 0 amide bonds. The van der Waals surface area contributed by atoms with Crippen molar-refractivity contribution < 1.29 is 19.6 Å². The zero-order valence-corrected chi connectivity index (χ0v) is 11.4. The van der Waals surface area contributed by atoms with Crippen LogP contribution in [0.3, 0.4) is 0 Å². The molecule has 0 bridgehead atoms. The first-order chi connectivity index (χ1) is 9.88. The lowest BCUT2D eigenvalue weighted by molar-refractivity contribution is -0.386. The second kappa shape index (κ2) is 5.58. The zero-order chi connectivity index (χ0) is 15.6. The molecule has 0 saturated carbocycles. The second-order valence-corrected chi connectivity index (χ2v) is 4.46. The van der Waals surface area contributed by atoms with Gasteiger partial charge in [-0.3, -0.25) is 10.1 Å². The Balaban J connectivity index is 2.41. The lowest BCUT2D eigenvalue weighted by atomic mass is 10.1. The van der Waals surface area contributed by atoms with Gasteiger partial charge in [0.15, 0.2) is 0 Å². The van der Waals surface area contributed by atoms with Crippen molar-refractivity contribution in [3.05, 3.63) is 57.3 Å². The summed E-state index contributed by atoms with van der Waals surface area (Å²) >= 11 is 0. The minimum Gasteiger partial charge on any atom is -0.478 e. The van der Waals surface area contributed by atoms with Crippen LogP contribution < -0.4 is 4.74 Å². The summed E-state index contributed by atoms with van der Waals surface area (Å²) in [6, 6.07) is 6.14. The predicted octanol–water partition coefficient (Wildman–Crippen LogP) is 3.10. The fraction of sp³-hybridized carbons (Fsp3) is 0.143. The van der Waals surface area contributed by atoms with Gasteiger partial charge >= 0.3 is 11.7 Å². The Morgan fingerprint density at radius 1 is 1.29 bits per heavy atom. The average Bonchev–Trinajstić information content (AvgIpc) is 2.43. The van der Waals surface area contributed by atoms with Crippen LogP contribution in [0.25, 0.3) is 0 Å². The molecule has 1 aromatic heterocycles. The van der Waals surface area contributed by atoms with E-state index in [1.807, 2.05) is 19.9 Å². The SMILES string of the molecule is Cc1ccc(Oc2ncc(C(=O)O)cc2[N+](=O)[O-])cc1C. The molecule has 0 saturated heterocycles. The molecule has 108 valence electrons. The summed E-state index contributed by atoms with van der Waals surface area (Å²) in [5.74, 6) is -1.13. The van der Waals surface area contributed by atoms with Gasteiger partial charge in [-0.25, -0.2) is 9.78 Å². The van der Waals surface area contributed by atoms with Crippen LogP contribution in [0.15, 0.2) is 30.5 Å². The van der Waals surface area contributed by atoms with E-state index in [1.165, 1.54) is 0 Å². The molecule has 0 aliphatic carbocycles. The lowest BCUT2D eigenvalue weighted by Crippen LogP contribution is -2.02. The monoisotopic (exact) mass is 288 g/mol. The highest BCUT2D eigenvalue weighted by Gasteiger charge is 2.21. The largest absolute Gasteiger partial charge is 0.478 e. The first-order valence-electron chi connectivity index (χ1n) is 6.01. The van der Waals surface area contributed by atoms with Crippen molar-refractivity contribution >= 4 is 11.7 Å². The number of nitrogens with zero attached hydrogens (tertiary/aromatic N) is 2. The number of rotatable bonds is 4. The van der Waals surface area contributed by atoms with Crippen LogP contribution in [0, 0.1) is 24.0 Å². The lowest BCUT2D eigenvalue weighted by Gasteiger charge is -2.07. The smallest absolute Gasteiger partial charge is 0.337 e. The third-order valence-electron chi connectivity index (χ3n) is 2.97. The first kappa shape index (κ1) is 14.4. The van der Waals surface area contributed by atoms with Crippen LogP contribution >= 0.6 is 0 Å². The van der Waals surface area contributed by atoms with Crippen molar-refractivity contribution in [2.45, 2.75) is 13.8 Å². The molecule has 0 fully saturated rings. The van der Waals surface area contributed by atoms with Gasteiger partial charge in [0.2, 0.25) is 0 Å². The Bertz CT molecular complexity index is 727. The molecule has 7 nitrogen and oxygen atoms in total. The number of ether oxygens (including phenoxy) is 1. The van der Waals surface area contributed by atoms with Gasteiger partial charge in [0.25, 0.3) is 5.88 Å². The summed E-state index contributed by atoms with van der Waals surface area (Å²) in [4.78, 5) is 24.8. The van der Waals surface area contributed by atoms with Crippen LogP contribution in [0.4, 0.5) is 5.69 Å². The number of hydrogen-bond donors (Lipinski definition) is 1. The Morgan fingerprint density at radius 2 is 2.00 bits per heavy atom. The third-order valence-corrected chi connectivity index (χ3v) is 2.97. The summed E-state index contributed by atoms with van der Waals surface area (Å²) < 4.78 is 5.40. The van der Waals surface area contributed by atoms with E-state index >= 15 is 0 Å². The fourth-order valence-corrected chi connectivity index (χ4v) is 1.66. The number of benzene rings is 1. The van der Waals surface area contributed by atoms with E-state index < -0.39 is 16.6 Å². The number of nitro groups is 1. The summed E-state index contributed by atoms with van der Waals surface area (Å²) in [7, 11) is 0. The molecule has 1 N–H and O–H groups in total. The number of pyridine rings is 1. The third kappa shape index (κ3) is 3.14. The molecule has 2 rings (SSSR count). The number of carboxylic acids is 1. The van der Waals surface area contributed by atoms with Gasteiger partial charge in [-0.15, -0.1) is 0 Å². The van der Waals surface area contributed by atoms with Crippen molar-refractivity contribution in [1.29, 1.82) is 0 Å². The van der Waals surface area contributed by atoms with Gasteiger partial charge in [-0.1, -0.05) is 6.07 Å². The van der Waals surface area contributed by atoms with Crippen molar-refractivity contribution in [2.75, 3.05) is 0 Å². The Morgan fingerprint density at radius 3 is 2.57 bits per heavy atom. The van der Waals surface area contributed by atoms with Crippen LogP contribution in [0.2, 0.25) is 0 Å². The molecular weight excluding hydrogens is 276 g/mol. The van der Waals surface area contributed by atoms with Crippen molar-refractivity contribution in [3.8, 4) is 11.6 Å². The van der Waals surface area contributed by atoms with Gasteiger partial charge in [0.05, 0.1) is 10.5 Å². The topological polar surface area (TPSA) is 103 Å². The van der Waals surface area contributed by atoms with E-state index in [9.17, 15) is 14.9 Å². The zero-order valence-electron chi connectivity index (χ0n) is 11.4. The molecule has 1 aromatic carbocycles. The molecule has 0 radical (unpaired) electrons. The molecular formula is C14H12N2O5. The maximum atomic E-state index is 11.0. The van der Waals surface area contributed by atoms with E-state index in [2.05, 4.69) is 4.98 Å². The van der Waals surface area contributed by atoms with Gasteiger partial charge < -0.3 is 9.84 Å². The van der Waals surface area contributed by atoms with Crippen molar-refractivity contribution in [2.24, 2.45) is 0 Å². The molecule has 2 aromatic rings. The maximum absolute atomic E-state index is 11.0. The van der Waals surface area contributed by atoms with Gasteiger partial charge in [-0.05, 0) is 37.1 Å². The molecule has 1 heterocycles. The van der Waals surface area contributed by atoms with Crippen LogP contribution in [-0.4, -0.2) is 21.0 Å². The predicted molar refractivity (Wildman–Crippen MR) is 73.8 cm³/mol. The van der Waals surface area contributed by atoms with E-state index in [4.69, 9.17) is 9.84 Å². The Kier molecular flexibility index (Phi) is 3.84. The highest BCUT2D eigenvalue weighted by Crippen LogP contribution is 2.30. The number of aromatic carboxylic acids is 1. The van der Waals surface area contributed by atoms with Crippen molar-refractivity contribution in [1.82, 2.24) is 4.98 Å². The van der Waals surface area contributed by atoms with Gasteiger partial charge in [0.1, 0.15) is 5.75 Å². The molecule has 21 heavy (non-hydrogen) atoms. The summed E-state index contributed by atoms with van der Waals surface area (Å²) in [6.07, 6.45) is 1.02. The highest BCUT2D eigenvalue weighted by atomic mass is 16.6. The van der Waals surface area contributed by atoms with Crippen molar-refractivity contribution in [3.63, 3.8) is 0 Å². The number of carboxylic acid groups (broad SMARTS) is 1. The standard InChI is InChI=1S/C14H12N2O5/c1-8-3-4-11(5-9(8)2)21-13-12(16(19)20)6-10(7-15-13)14(17)18/h3-7H,1-2H3,(H,17,18). The molecule has 0 spiro atoms. The number of hydrogen-bond acceptors (Lipinski definition) is 5. The molecule has 0 atom stereocenters. The average molecular weight is 288 g/mol. The van der Waals surface area contributed by atoms with Crippen LogP contribution in [0.1, 0.15) is 21.5 Å². The quantitative estimate of drug-likeness (QED) is 0.685. The highest BCUT2D eigenvalue weighted by molar-refractivity contribution is 5.88. The maximum Gasteiger partial charge on any atom is 0.337 e. The number of carbonyl (C=O) groups is 1. The summed E-state index contributed by atoms with van der Waals surface area (Å²) in [6.45, 7) is 3.82. The summed E-state index contributed by atoms with van der Waals surface area (Å²) in [5, 5.41) is 19.8. The molecule has 0 aliphatic heterocycles. The minimum absolute atomic E-state index is 0.242. The second-order valence-electron chi connectivity index (χ2n) is 4.46. The van der Waals surface area contributed by atoms with E-state index in [0.29, 0.717) is 5.75 Å². The van der Waals surface area contributed by atoms with Crippen LogP contribution in [0.5, 0.6) is 11.6 Å². The fourth-order valence-electron chi connectivity index (χ4n) is 1.66. The van der Waals surface area contributed by atoms with Crippen LogP contribution in [-0.2, 0) is 0 Å². The molecule has 7 heteroatoms. The molecule has 0 unspecified atom stereocenters. The first-order valence-corrected chi connectivity index (χ1v) is 6.01. The molecule has 0 aliphatic rings. The van der Waals surface area contributed by atoms with E-state index in [1.54, 1.807) is 12.1 Å². The Labute approximate surface area is 120 Å².